The lowest BCUT2D eigenvalue weighted by atomic mass is 10.1. The molecule has 4 nitrogen and oxygen atoms in total. The molecule has 0 bridgehead atoms. The first-order chi connectivity index (χ1) is 10.5. The number of aryl methyl sites for hydroxylation is 1. The average molecular weight is 361 g/mol. The quantitative estimate of drug-likeness (QED) is 0.468. The van der Waals surface area contributed by atoms with Crippen molar-refractivity contribution in [2.24, 2.45) is 0 Å². The highest BCUT2D eigenvalue weighted by molar-refractivity contribution is 9.10. The molecule has 0 aliphatic rings. The normalized spacial score (nSPS) is 10.1. The van der Waals surface area contributed by atoms with Crippen LogP contribution in [0.15, 0.2) is 54.0 Å². The molecule has 0 spiro atoms. The first-order valence-corrected chi connectivity index (χ1v) is 7.17. The molecule has 0 saturated carbocycles. The van der Waals surface area contributed by atoms with Crippen LogP contribution < -0.4 is 9.47 Å². The zero-order chi connectivity index (χ0) is 16.3. The summed E-state index contributed by atoms with van der Waals surface area (Å²) in [5.41, 5.74) is 0.978. The molecule has 0 aliphatic carbocycles. The molecule has 0 radical (unpaired) electrons. The SMILES string of the molecule is C=CC(=O)Oc1cc(Br)c(OC(=O)C=C)c2ccc(C)cc12. The summed E-state index contributed by atoms with van der Waals surface area (Å²) < 4.78 is 11.0. The third kappa shape index (κ3) is 3.26. The molecule has 0 N–H and O–H groups in total. The molecule has 2 aromatic rings. The van der Waals surface area contributed by atoms with Gasteiger partial charge in [0.2, 0.25) is 0 Å². The molecule has 0 amide bonds. The third-order valence-electron chi connectivity index (χ3n) is 2.91. The Morgan fingerprint density at radius 3 is 2.32 bits per heavy atom. The van der Waals surface area contributed by atoms with E-state index in [1.807, 2.05) is 19.1 Å². The Labute approximate surface area is 136 Å². The number of rotatable bonds is 4. The first kappa shape index (κ1) is 16.0. The predicted molar refractivity (Wildman–Crippen MR) is 88.0 cm³/mol. The molecule has 0 fully saturated rings. The van der Waals surface area contributed by atoms with Crippen LogP contribution in [0.1, 0.15) is 5.56 Å². The molecular formula is C17H13BrO4. The maximum absolute atomic E-state index is 11.5. The van der Waals surface area contributed by atoms with Gasteiger partial charge in [0, 0.05) is 22.9 Å². The van der Waals surface area contributed by atoms with Gasteiger partial charge in [-0.3, -0.25) is 0 Å². The van der Waals surface area contributed by atoms with Crippen LogP contribution in [0.25, 0.3) is 10.8 Å². The Kier molecular flexibility index (Phi) is 4.78. The van der Waals surface area contributed by atoms with Crippen molar-refractivity contribution in [2.75, 3.05) is 0 Å². The molecule has 0 heterocycles. The van der Waals surface area contributed by atoms with E-state index in [0.29, 0.717) is 26.7 Å². The molecule has 112 valence electrons. The number of fused-ring (bicyclic) bond motifs is 1. The molecule has 0 aromatic heterocycles. The summed E-state index contributed by atoms with van der Waals surface area (Å²) >= 11 is 3.33. The summed E-state index contributed by atoms with van der Waals surface area (Å²) in [6.45, 7) is 8.67. The van der Waals surface area contributed by atoms with Crippen molar-refractivity contribution in [1.29, 1.82) is 0 Å². The van der Waals surface area contributed by atoms with E-state index >= 15 is 0 Å². The summed E-state index contributed by atoms with van der Waals surface area (Å²) in [6.07, 6.45) is 2.17. The monoisotopic (exact) mass is 360 g/mol. The maximum Gasteiger partial charge on any atom is 0.335 e. The highest BCUT2D eigenvalue weighted by Crippen LogP contribution is 2.40. The Balaban J connectivity index is 2.68. The van der Waals surface area contributed by atoms with E-state index in [1.165, 1.54) is 0 Å². The van der Waals surface area contributed by atoms with Crippen molar-refractivity contribution >= 4 is 38.6 Å². The number of benzene rings is 2. The molecule has 2 aromatic carbocycles. The van der Waals surface area contributed by atoms with Gasteiger partial charge in [-0.05, 0) is 35.0 Å². The Hall–Kier alpha value is -2.40. The van der Waals surface area contributed by atoms with Gasteiger partial charge in [0.1, 0.15) is 5.75 Å². The lowest BCUT2D eigenvalue weighted by Gasteiger charge is -2.13. The minimum Gasteiger partial charge on any atom is -0.423 e. The number of carbonyl (C=O) groups excluding carboxylic acids is 2. The zero-order valence-corrected chi connectivity index (χ0v) is 13.5. The molecule has 5 heteroatoms. The fourth-order valence-corrected chi connectivity index (χ4v) is 2.43. The van der Waals surface area contributed by atoms with E-state index < -0.39 is 11.9 Å². The van der Waals surface area contributed by atoms with Crippen LogP contribution in [0, 0.1) is 6.92 Å². The van der Waals surface area contributed by atoms with Gasteiger partial charge in [-0.1, -0.05) is 30.9 Å². The van der Waals surface area contributed by atoms with Crippen molar-refractivity contribution < 1.29 is 19.1 Å². The standard InChI is InChI=1S/C17H13BrO4/c1-4-15(19)21-14-9-13(18)17(22-16(20)5-2)11-7-6-10(3)8-12(11)14/h4-9H,1-2H2,3H3. The number of hydrogen-bond acceptors (Lipinski definition) is 4. The fraction of sp³-hybridized carbons (Fsp3) is 0.0588. The van der Waals surface area contributed by atoms with Gasteiger partial charge in [-0.2, -0.15) is 0 Å². The lowest BCUT2D eigenvalue weighted by molar-refractivity contribution is -0.130. The van der Waals surface area contributed by atoms with Crippen LogP contribution in [-0.4, -0.2) is 11.9 Å². The van der Waals surface area contributed by atoms with E-state index in [2.05, 4.69) is 29.1 Å². The fourth-order valence-electron chi connectivity index (χ4n) is 1.93. The first-order valence-electron chi connectivity index (χ1n) is 6.37. The molecule has 22 heavy (non-hydrogen) atoms. The van der Waals surface area contributed by atoms with Crippen molar-refractivity contribution in [3.05, 3.63) is 59.6 Å². The number of halogens is 1. The summed E-state index contributed by atoms with van der Waals surface area (Å²) in [6, 6.07) is 7.10. The van der Waals surface area contributed by atoms with Gasteiger partial charge in [0.05, 0.1) is 4.47 Å². The largest absolute Gasteiger partial charge is 0.423 e. The maximum atomic E-state index is 11.5. The van der Waals surface area contributed by atoms with Crippen LogP contribution >= 0.6 is 15.9 Å². The predicted octanol–water partition coefficient (Wildman–Crippen LogP) is 4.09. The van der Waals surface area contributed by atoms with E-state index in [-0.39, 0.29) is 0 Å². The molecule has 0 unspecified atom stereocenters. The van der Waals surface area contributed by atoms with Crippen LogP contribution in [0.5, 0.6) is 11.5 Å². The van der Waals surface area contributed by atoms with Crippen molar-refractivity contribution in [2.45, 2.75) is 6.92 Å². The Morgan fingerprint density at radius 2 is 1.68 bits per heavy atom. The Morgan fingerprint density at radius 1 is 1.05 bits per heavy atom. The summed E-state index contributed by atoms with van der Waals surface area (Å²) in [7, 11) is 0. The molecule has 0 saturated heterocycles. The second-order valence-electron chi connectivity index (χ2n) is 4.49. The van der Waals surface area contributed by atoms with Crippen LogP contribution in [0.2, 0.25) is 0 Å². The second-order valence-corrected chi connectivity index (χ2v) is 5.34. The summed E-state index contributed by atoms with van der Waals surface area (Å²) in [5.74, 6) is -0.434. The van der Waals surface area contributed by atoms with E-state index in [4.69, 9.17) is 9.47 Å². The topological polar surface area (TPSA) is 52.6 Å². The Bertz CT molecular complexity index is 793. The number of ether oxygens (including phenoxy) is 2. The number of hydrogen-bond donors (Lipinski definition) is 0. The highest BCUT2D eigenvalue weighted by atomic mass is 79.9. The molecule has 2 rings (SSSR count). The van der Waals surface area contributed by atoms with Crippen molar-refractivity contribution in [3.8, 4) is 11.5 Å². The van der Waals surface area contributed by atoms with E-state index in [9.17, 15) is 9.59 Å². The minimum atomic E-state index is -0.571. The average Bonchev–Trinajstić information content (AvgIpc) is 2.50. The van der Waals surface area contributed by atoms with Gasteiger partial charge < -0.3 is 9.47 Å². The summed E-state index contributed by atoms with van der Waals surface area (Å²) in [5, 5.41) is 1.30. The van der Waals surface area contributed by atoms with Crippen LogP contribution in [0.3, 0.4) is 0 Å². The lowest BCUT2D eigenvalue weighted by Crippen LogP contribution is -2.06. The minimum absolute atomic E-state index is 0.346. The molecule has 0 aliphatic heterocycles. The van der Waals surface area contributed by atoms with E-state index in [0.717, 1.165) is 17.7 Å². The number of carbonyl (C=O) groups is 2. The van der Waals surface area contributed by atoms with Gasteiger partial charge in [-0.25, -0.2) is 9.59 Å². The third-order valence-corrected chi connectivity index (χ3v) is 3.50. The van der Waals surface area contributed by atoms with Gasteiger partial charge in [0.15, 0.2) is 5.75 Å². The van der Waals surface area contributed by atoms with E-state index in [1.54, 1.807) is 12.1 Å². The molecular weight excluding hydrogens is 348 g/mol. The highest BCUT2D eigenvalue weighted by Gasteiger charge is 2.16. The van der Waals surface area contributed by atoms with Gasteiger partial charge >= 0.3 is 11.9 Å². The van der Waals surface area contributed by atoms with Gasteiger partial charge in [0.25, 0.3) is 0 Å². The molecule has 0 atom stereocenters. The number of esters is 2. The van der Waals surface area contributed by atoms with Crippen LogP contribution in [0.4, 0.5) is 0 Å². The van der Waals surface area contributed by atoms with Crippen LogP contribution in [-0.2, 0) is 9.59 Å². The van der Waals surface area contributed by atoms with Gasteiger partial charge in [-0.15, -0.1) is 0 Å². The summed E-state index contributed by atoms with van der Waals surface area (Å²) in [4.78, 5) is 23.0. The van der Waals surface area contributed by atoms with Crippen molar-refractivity contribution in [1.82, 2.24) is 0 Å². The zero-order valence-electron chi connectivity index (χ0n) is 11.9. The van der Waals surface area contributed by atoms with Crippen molar-refractivity contribution in [3.63, 3.8) is 0 Å². The smallest absolute Gasteiger partial charge is 0.335 e. The second kappa shape index (κ2) is 6.58.